The molecular weight excluding hydrogens is 181 g/mol. The van der Waals surface area contributed by atoms with E-state index in [9.17, 15) is 4.39 Å². The molecule has 1 aliphatic heterocycles. The summed E-state index contributed by atoms with van der Waals surface area (Å²) in [5.41, 5.74) is 0.532. The normalized spacial score (nSPS) is 21.0. The Balaban J connectivity index is 2.21. The van der Waals surface area contributed by atoms with Crippen LogP contribution in [-0.2, 0) is 11.2 Å². The lowest BCUT2D eigenvalue weighted by molar-refractivity contribution is 0.403. The molecule has 2 heterocycles. The Labute approximate surface area is 74.3 Å². The minimum Gasteiger partial charge on any atom is -0.373 e. The molecule has 1 unspecified atom stereocenters. The largest absolute Gasteiger partial charge is 0.373 e. The van der Waals surface area contributed by atoms with Crippen LogP contribution in [0.2, 0.25) is 5.02 Å². The van der Waals surface area contributed by atoms with Crippen LogP contribution in [-0.4, -0.2) is 17.7 Å². The van der Waals surface area contributed by atoms with Crippen LogP contribution in [0.5, 0.6) is 0 Å². The number of nitrogens with zero attached hydrogens (tertiary/aromatic N) is 1. The van der Waals surface area contributed by atoms with E-state index in [1.165, 1.54) is 6.20 Å². The molecule has 0 aromatic carbocycles. The number of pyridine rings is 1. The lowest BCUT2D eigenvalue weighted by Crippen LogP contribution is -1.98. The predicted molar refractivity (Wildman–Crippen MR) is 42.6 cm³/mol. The second kappa shape index (κ2) is 2.99. The number of aromatic nitrogens is 1. The Morgan fingerprint density at radius 1 is 1.75 bits per heavy atom. The molecule has 0 saturated carbocycles. The number of rotatable bonds is 2. The third-order valence-corrected chi connectivity index (χ3v) is 1.93. The van der Waals surface area contributed by atoms with E-state index < -0.39 is 5.95 Å². The summed E-state index contributed by atoms with van der Waals surface area (Å²) < 4.78 is 17.9. The minimum atomic E-state index is -0.449. The molecule has 0 amide bonds. The highest BCUT2D eigenvalue weighted by atomic mass is 35.5. The van der Waals surface area contributed by atoms with Gasteiger partial charge in [-0.2, -0.15) is 4.39 Å². The summed E-state index contributed by atoms with van der Waals surface area (Å²) in [6, 6.07) is 1.59. The van der Waals surface area contributed by atoms with Gasteiger partial charge in [-0.05, 0) is 6.07 Å². The fraction of sp³-hybridized carbons (Fsp3) is 0.375. The first-order chi connectivity index (χ1) is 5.75. The summed E-state index contributed by atoms with van der Waals surface area (Å²) >= 11 is 5.65. The molecule has 1 aromatic rings. The number of epoxide rings is 1. The fourth-order valence-corrected chi connectivity index (χ4v) is 1.22. The Hall–Kier alpha value is -0.670. The van der Waals surface area contributed by atoms with E-state index >= 15 is 0 Å². The molecule has 0 N–H and O–H groups in total. The van der Waals surface area contributed by atoms with Crippen molar-refractivity contribution in [2.75, 3.05) is 6.61 Å². The molecule has 1 atom stereocenters. The number of hydrogen-bond donors (Lipinski definition) is 0. The Kier molecular flexibility index (Phi) is 1.98. The zero-order valence-electron chi connectivity index (χ0n) is 6.26. The topological polar surface area (TPSA) is 25.4 Å². The van der Waals surface area contributed by atoms with Crippen molar-refractivity contribution >= 4 is 11.6 Å². The highest BCUT2D eigenvalue weighted by Gasteiger charge is 2.24. The van der Waals surface area contributed by atoms with Crippen LogP contribution in [0.3, 0.4) is 0 Å². The zero-order chi connectivity index (χ0) is 8.55. The first-order valence-electron chi connectivity index (χ1n) is 3.67. The van der Waals surface area contributed by atoms with Crippen molar-refractivity contribution < 1.29 is 9.13 Å². The molecule has 0 spiro atoms. The molecule has 0 bridgehead atoms. The standard InChI is InChI=1S/C8H7ClFNO/c9-6-1-5(2-7-4-12-7)8(10)11-3-6/h1,3,7H,2,4H2. The van der Waals surface area contributed by atoms with E-state index in [0.29, 0.717) is 23.6 Å². The van der Waals surface area contributed by atoms with Gasteiger partial charge in [-0.3, -0.25) is 0 Å². The van der Waals surface area contributed by atoms with Crippen molar-refractivity contribution in [3.05, 3.63) is 28.8 Å². The second-order valence-corrected chi connectivity index (χ2v) is 3.20. The van der Waals surface area contributed by atoms with E-state index in [4.69, 9.17) is 16.3 Å². The van der Waals surface area contributed by atoms with Gasteiger partial charge in [-0.25, -0.2) is 4.98 Å². The average Bonchev–Trinajstić information content (AvgIpc) is 2.81. The van der Waals surface area contributed by atoms with Gasteiger partial charge in [0, 0.05) is 18.2 Å². The highest BCUT2D eigenvalue weighted by molar-refractivity contribution is 6.30. The first-order valence-corrected chi connectivity index (χ1v) is 4.05. The van der Waals surface area contributed by atoms with Crippen LogP contribution in [0, 0.1) is 5.95 Å². The second-order valence-electron chi connectivity index (χ2n) is 2.76. The van der Waals surface area contributed by atoms with Crippen LogP contribution in [0.25, 0.3) is 0 Å². The molecule has 1 fully saturated rings. The Morgan fingerprint density at radius 2 is 2.50 bits per heavy atom. The van der Waals surface area contributed by atoms with Gasteiger partial charge >= 0.3 is 0 Å². The van der Waals surface area contributed by atoms with Crippen LogP contribution in [0.15, 0.2) is 12.3 Å². The van der Waals surface area contributed by atoms with E-state index in [0.717, 1.165) is 0 Å². The van der Waals surface area contributed by atoms with Crippen LogP contribution in [0.1, 0.15) is 5.56 Å². The van der Waals surface area contributed by atoms with Gasteiger partial charge in [-0.15, -0.1) is 0 Å². The lowest BCUT2D eigenvalue weighted by Gasteiger charge is -1.99. The SMILES string of the molecule is Fc1ncc(Cl)cc1CC1CO1. The summed E-state index contributed by atoms with van der Waals surface area (Å²) in [6.07, 6.45) is 2.04. The zero-order valence-corrected chi connectivity index (χ0v) is 7.01. The van der Waals surface area contributed by atoms with Crippen LogP contribution in [0.4, 0.5) is 4.39 Å². The summed E-state index contributed by atoms with van der Waals surface area (Å²) in [7, 11) is 0. The van der Waals surface area contributed by atoms with E-state index in [1.54, 1.807) is 6.07 Å². The summed E-state index contributed by atoms with van der Waals surface area (Å²) in [6.45, 7) is 0.714. The fourth-order valence-electron chi connectivity index (χ4n) is 1.04. The molecule has 2 rings (SSSR count). The number of halogens is 2. The molecule has 1 aromatic heterocycles. The molecule has 0 radical (unpaired) electrons. The molecule has 12 heavy (non-hydrogen) atoms. The lowest BCUT2D eigenvalue weighted by atomic mass is 10.2. The van der Waals surface area contributed by atoms with E-state index in [-0.39, 0.29) is 6.10 Å². The maximum atomic E-state index is 12.9. The van der Waals surface area contributed by atoms with Crippen molar-refractivity contribution in [1.29, 1.82) is 0 Å². The van der Waals surface area contributed by atoms with Crippen molar-refractivity contribution in [3.63, 3.8) is 0 Å². The third kappa shape index (κ3) is 1.73. The van der Waals surface area contributed by atoms with Gasteiger partial charge in [0.2, 0.25) is 5.95 Å². The molecular formula is C8H7ClFNO. The first kappa shape index (κ1) is 7.95. The van der Waals surface area contributed by atoms with Crippen molar-refractivity contribution in [2.45, 2.75) is 12.5 Å². The van der Waals surface area contributed by atoms with Crippen LogP contribution < -0.4 is 0 Å². The van der Waals surface area contributed by atoms with Gasteiger partial charge in [-0.1, -0.05) is 11.6 Å². The minimum absolute atomic E-state index is 0.166. The maximum absolute atomic E-state index is 12.9. The molecule has 4 heteroatoms. The van der Waals surface area contributed by atoms with Crippen molar-refractivity contribution in [3.8, 4) is 0 Å². The summed E-state index contributed by atoms with van der Waals surface area (Å²) in [5.74, 6) is -0.449. The predicted octanol–water partition coefficient (Wildman–Crippen LogP) is 1.82. The molecule has 64 valence electrons. The maximum Gasteiger partial charge on any atom is 0.216 e. The van der Waals surface area contributed by atoms with Gasteiger partial charge < -0.3 is 4.74 Å². The molecule has 2 nitrogen and oxygen atoms in total. The van der Waals surface area contributed by atoms with E-state index in [2.05, 4.69) is 4.98 Å². The average molecular weight is 188 g/mol. The molecule has 1 saturated heterocycles. The number of hydrogen-bond acceptors (Lipinski definition) is 2. The van der Waals surface area contributed by atoms with Gasteiger partial charge in [0.05, 0.1) is 17.7 Å². The van der Waals surface area contributed by atoms with Crippen molar-refractivity contribution in [1.82, 2.24) is 4.98 Å². The Bertz CT molecular complexity index is 301. The molecule has 0 aliphatic carbocycles. The van der Waals surface area contributed by atoms with Crippen LogP contribution >= 0.6 is 11.6 Å². The monoisotopic (exact) mass is 187 g/mol. The van der Waals surface area contributed by atoms with Gasteiger partial charge in [0.1, 0.15) is 0 Å². The molecule has 1 aliphatic rings. The summed E-state index contributed by atoms with van der Waals surface area (Å²) in [5, 5.41) is 0.465. The Morgan fingerprint density at radius 3 is 3.17 bits per heavy atom. The van der Waals surface area contributed by atoms with Crippen molar-refractivity contribution in [2.24, 2.45) is 0 Å². The highest BCUT2D eigenvalue weighted by Crippen LogP contribution is 2.19. The van der Waals surface area contributed by atoms with Gasteiger partial charge in [0.15, 0.2) is 0 Å². The summed E-state index contributed by atoms with van der Waals surface area (Å²) in [4.78, 5) is 3.51. The van der Waals surface area contributed by atoms with E-state index in [1.807, 2.05) is 0 Å². The third-order valence-electron chi connectivity index (χ3n) is 1.73. The number of ether oxygens (including phenoxy) is 1. The smallest absolute Gasteiger partial charge is 0.216 e. The quantitative estimate of drug-likeness (QED) is 0.521. The van der Waals surface area contributed by atoms with Gasteiger partial charge in [0.25, 0.3) is 0 Å².